The SMILES string of the molecule is CCCc1ccc(C(NC)c2cc(C)ccc2F)cc1. The second-order valence-corrected chi connectivity index (χ2v) is 5.24. The quantitative estimate of drug-likeness (QED) is 0.850. The minimum absolute atomic E-state index is 0.106. The summed E-state index contributed by atoms with van der Waals surface area (Å²) in [7, 11) is 1.87. The van der Waals surface area contributed by atoms with Gasteiger partial charge < -0.3 is 5.32 Å². The largest absolute Gasteiger partial charge is 0.309 e. The average molecular weight is 271 g/mol. The van der Waals surface area contributed by atoms with Gasteiger partial charge in [-0.25, -0.2) is 4.39 Å². The summed E-state index contributed by atoms with van der Waals surface area (Å²) < 4.78 is 14.1. The van der Waals surface area contributed by atoms with Gasteiger partial charge in [-0.2, -0.15) is 0 Å². The Labute approximate surface area is 120 Å². The summed E-state index contributed by atoms with van der Waals surface area (Å²) in [6.07, 6.45) is 2.23. The van der Waals surface area contributed by atoms with E-state index in [0.29, 0.717) is 5.56 Å². The van der Waals surface area contributed by atoms with Crippen molar-refractivity contribution in [3.8, 4) is 0 Å². The smallest absolute Gasteiger partial charge is 0.128 e. The molecule has 0 amide bonds. The van der Waals surface area contributed by atoms with Crippen molar-refractivity contribution in [2.24, 2.45) is 0 Å². The Kier molecular flexibility index (Phi) is 4.91. The van der Waals surface area contributed by atoms with E-state index in [-0.39, 0.29) is 11.9 Å². The van der Waals surface area contributed by atoms with E-state index >= 15 is 0 Å². The highest BCUT2D eigenvalue weighted by atomic mass is 19.1. The van der Waals surface area contributed by atoms with Gasteiger partial charge in [0.2, 0.25) is 0 Å². The molecule has 0 bridgehead atoms. The summed E-state index contributed by atoms with van der Waals surface area (Å²) in [4.78, 5) is 0. The fourth-order valence-corrected chi connectivity index (χ4v) is 2.55. The first-order chi connectivity index (χ1) is 9.65. The van der Waals surface area contributed by atoms with Crippen LogP contribution in [0.3, 0.4) is 0 Å². The Morgan fingerprint density at radius 1 is 1.10 bits per heavy atom. The van der Waals surface area contributed by atoms with Gasteiger partial charge in [0.1, 0.15) is 5.82 Å². The Hall–Kier alpha value is -1.67. The summed E-state index contributed by atoms with van der Waals surface area (Å²) in [5.41, 5.74) is 4.20. The van der Waals surface area contributed by atoms with Crippen LogP contribution in [0.4, 0.5) is 4.39 Å². The molecule has 0 spiro atoms. The molecule has 2 heteroatoms. The molecule has 106 valence electrons. The molecule has 2 rings (SSSR count). The summed E-state index contributed by atoms with van der Waals surface area (Å²) in [6.45, 7) is 4.16. The zero-order chi connectivity index (χ0) is 14.5. The molecule has 20 heavy (non-hydrogen) atoms. The van der Waals surface area contributed by atoms with Crippen molar-refractivity contribution in [1.82, 2.24) is 5.32 Å². The molecular formula is C18H22FN. The maximum Gasteiger partial charge on any atom is 0.128 e. The molecule has 0 fully saturated rings. The van der Waals surface area contributed by atoms with Crippen LogP contribution in [0.25, 0.3) is 0 Å². The number of hydrogen-bond acceptors (Lipinski definition) is 1. The Balaban J connectivity index is 2.34. The summed E-state index contributed by atoms with van der Waals surface area (Å²) in [6, 6.07) is 13.6. The van der Waals surface area contributed by atoms with Crippen LogP contribution in [0, 0.1) is 12.7 Å². The normalized spacial score (nSPS) is 12.4. The molecule has 2 aromatic carbocycles. The van der Waals surface area contributed by atoms with E-state index in [2.05, 4.69) is 36.5 Å². The maximum absolute atomic E-state index is 14.1. The van der Waals surface area contributed by atoms with Gasteiger partial charge in [-0.3, -0.25) is 0 Å². The van der Waals surface area contributed by atoms with Gasteiger partial charge >= 0.3 is 0 Å². The molecule has 0 aromatic heterocycles. The van der Waals surface area contributed by atoms with Crippen LogP contribution in [0.1, 0.15) is 41.6 Å². The van der Waals surface area contributed by atoms with Crippen molar-refractivity contribution in [1.29, 1.82) is 0 Å². The van der Waals surface area contributed by atoms with Crippen molar-refractivity contribution >= 4 is 0 Å². The fraction of sp³-hybridized carbons (Fsp3) is 0.333. The number of rotatable bonds is 5. The van der Waals surface area contributed by atoms with Crippen molar-refractivity contribution in [2.75, 3.05) is 7.05 Å². The highest BCUT2D eigenvalue weighted by molar-refractivity contribution is 5.36. The van der Waals surface area contributed by atoms with Crippen LogP contribution in [-0.4, -0.2) is 7.05 Å². The summed E-state index contributed by atoms with van der Waals surface area (Å²) in [5.74, 6) is -0.160. The van der Waals surface area contributed by atoms with Crippen LogP contribution in [0.2, 0.25) is 0 Å². The predicted octanol–water partition coefficient (Wildman–Crippen LogP) is 4.40. The monoisotopic (exact) mass is 271 g/mol. The highest BCUT2D eigenvalue weighted by Crippen LogP contribution is 2.25. The number of aryl methyl sites for hydroxylation is 2. The Bertz CT molecular complexity index is 560. The minimum atomic E-state index is -0.160. The van der Waals surface area contributed by atoms with Gasteiger partial charge in [0, 0.05) is 5.56 Å². The third kappa shape index (κ3) is 3.26. The van der Waals surface area contributed by atoms with E-state index in [1.807, 2.05) is 20.0 Å². The zero-order valence-corrected chi connectivity index (χ0v) is 12.4. The molecular weight excluding hydrogens is 249 g/mol. The third-order valence-electron chi connectivity index (χ3n) is 3.60. The molecule has 1 N–H and O–H groups in total. The fourth-order valence-electron chi connectivity index (χ4n) is 2.55. The standard InChI is InChI=1S/C18H22FN/c1-4-5-14-7-9-15(10-8-14)18(20-3)16-12-13(2)6-11-17(16)19/h6-12,18,20H,4-5H2,1-3H3. The van der Waals surface area contributed by atoms with Crippen molar-refractivity contribution < 1.29 is 4.39 Å². The molecule has 0 saturated carbocycles. The van der Waals surface area contributed by atoms with E-state index < -0.39 is 0 Å². The van der Waals surface area contributed by atoms with Crippen LogP contribution in [-0.2, 0) is 6.42 Å². The topological polar surface area (TPSA) is 12.0 Å². The number of nitrogens with one attached hydrogen (secondary N) is 1. The average Bonchev–Trinajstić information content (AvgIpc) is 2.45. The van der Waals surface area contributed by atoms with Gasteiger partial charge in [0.15, 0.2) is 0 Å². The number of hydrogen-bond donors (Lipinski definition) is 1. The number of halogens is 1. The molecule has 0 saturated heterocycles. The second kappa shape index (κ2) is 6.67. The lowest BCUT2D eigenvalue weighted by molar-refractivity contribution is 0.575. The third-order valence-corrected chi connectivity index (χ3v) is 3.60. The number of benzene rings is 2. The van der Waals surface area contributed by atoms with Crippen LogP contribution >= 0.6 is 0 Å². The maximum atomic E-state index is 14.1. The van der Waals surface area contributed by atoms with E-state index in [9.17, 15) is 4.39 Å². The van der Waals surface area contributed by atoms with E-state index in [4.69, 9.17) is 0 Å². The van der Waals surface area contributed by atoms with Crippen molar-refractivity contribution in [3.05, 3.63) is 70.5 Å². The molecule has 1 nitrogen and oxygen atoms in total. The second-order valence-electron chi connectivity index (χ2n) is 5.24. The molecule has 0 aliphatic carbocycles. The van der Waals surface area contributed by atoms with Crippen LogP contribution in [0.5, 0.6) is 0 Å². The van der Waals surface area contributed by atoms with Crippen LogP contribution < -0.4 is 5.32 Å². The molecule has 2 aromatic rings. The van der Waals surface area contributed by atoms with E-state index in [0.717, 1.165) is 24.0 Å². The molecule has 0 aliphatic rings. The Morgan fingerprint density at radius 2 is 1.80 bits per heavy atom. The first-order valence-electron chi connectivity index (χ1n) is 7.18. The van der Waals surface area contributed by atoms with Gasteiger partial charge in [0.25, 0.3) is 0 Å². The molecule has 1 unspecified atom stereocenters. The van der Waals surface area contributed by atoms with Crippen LogP contribution in [0.15, 0.2) is 42.5 Å². The Morgan fingerprint density at radius 3 is 2.40 bits per heavy atom. The van der Waals surface area contributed by atoms with Gasteiger partial charge in [-0.1, -0.05) is 55.3 Å². The van der Waals surface area contributed by atoms with E-state index in [1.165, 1.54) is 5.56 Å². The molecule has 0 aliphatic heterocycles. The lowest BCUT2D eigenvalue weighted by Crippen LogP contribution is -2.19. The lowest BCUT2D eigenvalue weighted by atomic mass is 9.95. The van der Waals surface area contributed by atoms with Crippen molar-refractivity contribution in [2.45, 2.75) is 32.7 Å². The van der Waals surface area contributed by atoms with Crippen molar-refractivity contribution in [3.63, 3.8) is 0 Å². The molecule has 0 heterocycles. The summed E-state index contributed by atoms with van der Waals surface area (Å²) >= 11 is 0. The van der Waals surface area contributed by atoms with E-state index in [1.54, 1.807) is 12.1 Å². The molecule has 0 radical (unpaired) electrons. The molecule has 1 atom stereocenters. The van der Waals surface area contributed by atoms with Gasteiger partial charge in [-0.15, -0.1) is 0 Å². The zero-order valence-electron chi connectivity index (χ0n) is 12.4. The summed E-state index contributed by atoms with van der Waals surface area (Å²) in [5, 5.41) is 3.21. The highest BCUT2D eigenvalue weighted by Gasteiger charge is 2.16. The first kappa shape index (κ1) is 14.7. The van der Waals surface area contributed by atoms with Gasteiger partial charge in [0.05, 0.1) is 6.04 Å². The van der Waals surface area contributed by atoms with Gasteiger partial charge in [-0.05, 0) is 37.6 Å². The predicted molar refractivity (Wildman–Crippen MR) is 82.5 cm³/mol. The lowest BCUT2D eigenvalue weighted by Gasteiger charge is -2.19. The minimum Gasteiger partial charge on any atom is -0.309 e. The first-order valence-corrected chi connectivity index (χ1v) is 7.18.